The van der Waals surface area contributed by atoms with Crippen LogP contribution in [-0.2, 0) is 6.54 Å². The molecule has 86 valence electrons. The van der Waals surface area contributed by atoms with Crippen LogP contribution >= 0.6 is 11.3 Å². The molecule has 1 N–H and O–H groups in total. The number of nitrogens with one attached hydrogen (secondary N) is 1. The third kappa shape index (κ3) is 2.18. The van der Waals surface area contributed by atoms with Crippen LogP contribution in [0.2, 0.25) is 0 Å². The van der Waals surface area contributed by atoms with Gasteiger partial charge in [0.2, 0.25) is 0 Å². The second-order valence-corrected chi connectivity index (χ2v) is 4.70. The highest BCUT2D eigenvalue weighted by molar-refractivity contribution is 7.10. The highest BCUT2D eigenvalue weighted by Crippen LogP contribution is 2.24. The lowest BCUT2D eigenvalue weighted by Crippen LogP contribution is -2.21. The number of imidazole rings is 1. The first-order chi connectivity index (χ1) is 7.86. The Labute approximate surface area is 100 Å². The van der Waals surface area contributed by atoms with Crippen LogP contribution in [0.25, 0.3) is 0 Å². The van der Waals surface area contributed by atoms with Crippen molar-refractivity contribution in [2.24, 2.45) is 0 Å². The van der Waals surface area contributed by atoms with E-state index in [2.05, 4.69) is 45.5 Å². The maximum Gasteiger partial charge on any atom is 0.131 e. The van der Waals surface area contributed by atoms with Crippen molar-refractivity contribution >= 4 is 11.3 Å². The first-order valence-electron chi connectivity index (χ1n) is 5.58. The summed E-state index contributed by atoms with van der Waals surface area (Å²) in [6.45, 7) is 3.21. The number of rotatable bonds is 5. The Balaban J connectivity index is 2.30. The molecule has 0 amide bonds. The molecule has 0 aliphatic rings. The van der Waals surface area contributed by atoms with Crippen molar-refractivity contribution in [2.75, 3.05) is 7.05 Å². The zero-order valence-electron chi connectivity index (χ0n) is 9.68. The molecule has 0 saturated heterocycles. The monoisotopic (exact) mass is 235 g/mol. The summed E-state index contributed by atoms with van der Waals surface area (Å²) in [6.07, 6.45) is 5.06. The minimum absolute atomic E-state index is 0.210. The summed E-state index contributed by atoms with van der Waals surface area (Å²) in [6, 6.07) is 4.44. The Kier molecular flexibility index (Phi) is 3.74. The summed E-state index contributed by atoms with van der Waals surface area (Å²) in [5.74, 6) is 1.10. The Morgan fingerprint density at radius 3 is 3.06 bits per heavy atom. The van der Waals surface area contributed by atoms with Crippen LogP contribution in [0.1, 0.15) is 30.1 Å². The fourth-order valence-electron chi connectivity index (χ4n) is 1.87. The fourth-order valence-corrected chi connectivity index (χ4v) is 2.70. The molecule has 3 nitrogen and oxygen atoms in total. The molecule has 2 aromatic rings. The van der Waals surface area contributed by atoms with Crippen molar-refractivity contribution in [1.29, 1.82) is 0 Å². The molecule has 0 bridgehead atoms. The van der Waals surface area contributed by atoms with Crippen LogP contribution in [0.4, 0.5) is 0 Å². The molecule has 16 heavy (non-hydrogen) atoms. The molecule has 0 fully saturated rings. The van der Waals surface area contributed by atoms with E-state index in [4.69, 9.17) is 0 Å². The molecule has 0 aliphatic carbocycles. The van der Waals surface area contributed by atoms with Gasteiger partial charge in [-0.1, -0.05) is 13.0 Å². The van der Waals surface area contributed by atoms with E-state index in [9.17, 15) is 0 Å². The molecule has 2 aromatic heterocycles. The number of aromatic nitrogens is 2. The molecule has 4 heteroatoms. The standard InChI is InChI=1S/C12H17N3S/c1-3-7-15-8-6-14-12(15)11(13-2)10-5-4-9-16-10/h4-6,8-9,11,13H,3,7H2,1-2H3. The number of aryl methyl sites for hydroxylation is 1. The van der Waals surface area contributed by atoms with Gasteiger partial charge in [0.15, 0.2) is 0 Å². The number of hydrogen-bond acceptors (Lipinski definition) is 3. The predicted octanol–water partition coefficient (Wildman–Crippen LogP) is 2.66. The molecule has 2 heterocycles. The zero-order valence-corrected chi connectivity index (χ0v) is 10.5. The van der Waals surface area contributed by atoms with Crippen LogP contribution in [0, 0.1) is 0 Å². The SMILES string of the molecule is CCCn1ccnc1C(NC)c1cccs1. The number of nitrogens with zero attached hydrogens (tertiary/aromatic N) is 2. The van der Waals surface area contributed by atoms with E-state index in [0.717, 1.165) is 18.8 Å². The average Bonchev–Trinajstić information content (AvgIpc) is 2.92. The van der Waals surface area contributed by atoms with Gasteiger partial charge in [0.05, 0.1) is 0 Å². The summed E-state index contributed by atoms with van der Waals surface area (Å²) in [7, 11) is 1.98. The normalized spacial score (nSPS) is 12.9. The summed E-state index contributed by atoms with van der Waals surface area (Å²) < 4.78 is 2.22. The van der Waals surface area contributed by atoms with E-state index in [1.54, 1.807) is 11.3 Å². The molecule has 1 unspecified atom stereocenters. The van der Waals surface area contributed by atoms with Gasteiger partial charge < -0.3 is 9.88 Å². The molecule has 0 radical (unpaired) electrons. The summed E-state index contributed by atoms with van der Waals surface area (Å²) in [5, 5.41) is 5.44. The smallest absolute Gasteiger partial charge is 0.131 e. The summed E-state index contributed by atoms with van der Waals surface area (Å²) in [4.78, 5) is 5.78. The minimum atomic E-state index is 0.210. The van der Waals surface area contributed by atoms with Gasteiger partial charge in [-0.25, -0.2) is 4.98 Å². The average molecular weight is 235 g/mol. The Bertz CT molecular complexity index is 419. The van der Waals surface area contributed by atoms with Gasteiger partial charge in [0, 0.05) is 23.8 Å². The van der Waals surface area contributed by atoms with Crippen LogP contribution < -0.4 is 5.32 Å². The molecule has 2 rings (SSSR count). The highest BCUT2D eigenvalue weighted by atomic mass is 32.1. The molecule has 0 saturated carbocycles. The lowest BCUT2D eigenvalue weighted by molar-refractivity contribution is 0.573. The lowest BCUT2D eigenvalue weighted by Gasteiger charge is -2.16. The molecular weight excluding hydrogens is 218 g/mol. The van der Waals surface area contributed by atoms with E-state index < -0.39 is 0 Å². The van der Waals surface area contributed by atoms with Crippen LogP contribution in [0.3, 0.4) is 0 Å². The van der Waals surface area contributed by atoms with Gasteiger partial charge in [0.25, 0.3) is 0 Å². The first-order valence-corrected chi connectivity index (χ1v) is 6.46. The predicted molar refractivity (Wildman–Crippen MR) is 67.7 cm³/mol. The molecular formula is C12H17N3S. The van der Waals surface area contributed by atoms with E-state index in [0.29, 0.717) is 0 Å². The molecule has 1 atom stereocenters. The van der Waals surface area contributed by atoms with Gasteiger partial charge in [-0.15, -0.1) is 11.3 Å². The minimum Gasteiger partial charge on any atom is -0.333 e. The van der Waals surface area contributed by atoms with Crippen LogP contribution in [-0.4, -0.2) is 16.6 Å². The maximum absolute atomic E-state index is 4.47. The second-order valence-electron chi connectivity index (χ2n) is 3.72. The quantitative estimate of drug-likeness (QED) is 0.863. The maximum atomic E-state index is 4.47. The Hall–Kier alpha value is -1.13. The van der Waals surface area contributed by atoms with E-state index in [-0.39, 0.29) is 6.04 Å². The van der Waals surface area contributed by atoms with Crippen molar-refractivity contribution in [2.45, 2.75) is 25.9 Å². The van der Waals surface area contributed by atoms with Crippen LogP contribution in [0.5, 0.6) is 0 Å². The lowest BCUT2D eigenvalue weighted by atomic mass is 10.2. The fraction of sp³-hybridized carbons (Fsp3) is 0.417. The van der Waals surface area contributed by atoms with Gasteiger partial charge in [-0.2, -0.15) is 0 Å². The van der Waals surface area contributed by atoms with Gasteiger partial charge in [-0.3, -0.25) is 0 Å². The number of hydrogen-bond donors (Lipinski definition) is 1. The third-order valence-electron chi connectivity index (χ3n) is 2.59. The zero-order chi connectivity index (χ0) is 11.4. The van der Waals surface area contributed by atoms with Crippen molar-refractivity contribution in [1.82, 2.24) is 14.9 Å². The Morgan fingerprint density at radius 1 is 1.56 bits per heavy atom. The van der Waals surface area contributed by atoms with E-state index in [1.165, 1.54) is 4.88 Å². The van der Waals surface area contributed by atoms with Crippen molar-refractivity contribution < 1.29 is 0 Å². The second kappa shape index (κ2) is 5.27. The Morgan fingerprint density at radius 2 is 2.44 bits per heavy atom. The van der Waals surface area contributed by atoms with Crippen molar-refractivity contribution in [3.05, 3.63) is 40.6 Å². The van der Waals surface area contributed by atoms with Gasteiger partial charge in [0.1, 0.15) is 11.9 Å². The third-order valence-corrected chi connectivity index (χ3v) is 3.52. The summed E-state index contributed by atoms with van der Waals surface area (Å²) in [5.41, 5.74) is 0. The first kappa shape index (κ1) is 11.4. The van der Waals surface area contributed by atoms with Crippen molar-refractivity contribution in [3.63, 3.8) is 0 Å². The van der Waals surface area contributed by atoms with Crippen molar-refractivity contribution in [3.8, 4) is 0 Å². The summed E-state index contributed by atoms with van der Waals surface area (Å²) >= 11 is 1.76. The molecule has 0 aromatic carbocycles. The highest BCUT2D eigenvalue weighted by Gasteiger charge is 2.17. The van der Waals surface area contributed by atoms with Gasteiger partial charge in [-0.05, 0) is 24.9 Å². The van der Waals surface area contributed by atoms with Crippen LogP contribution in [0.15, 0.2) is 29.9 Å². The topological polar surface area (TPSA) is 29.9 Å². The van der Waals surface area contributed by atoms with E-state index in [1.807, 2.05) is 13.2 Å². The molecule has 0 spiro atoms. The van der Waals surface area contributed by atoms with E-state index >= 15 is 0 Å². The van der Waals surface area contributed by atoms with Gasteiger partial charge >= 0.3 is 0 Å². The number of thiophene rings is 1. The molecule has 0 aliphatic heterocycles. The largest absolute Gasteiger partial charge is 0.333 e.